The van der Waals surface area contributed by atoms with Gasteiger partial charge in [-0.3, -0.25) is 0 Å². The predicted molar refractivity (Wildman–Crippen MR) is 76.2 cm³/mol. The minimum absolute atomic E-state index is 0.162. The van der Waals surface area contributed by atoms with Crippen molar-refractivity contribution in [1.29, 1.82) is 0 Å². The van der Waals surface area contributed by atoms with E-state index in [4.69, 9.17) is 5.73 Å². The van der Waals surface area contributed by atoms with Crippen LogP contribution in [0.2, 0.25) is 0 Å². The van der Waals surface area contributed by atoms with Gasteiger partial charge in [-0.2, -0.15) is 0 Å². The maximum atomic E-state index is 13.7. The molecule has 1 aromatic rings. The van der Waals surface area contributed by atoms with Crippen LogP contribution in [-0.2, 0) is 10.0 Å². The topological polar surface area (TPSA) is 72.2 Å². The molecule has 0 amide bonds. The zero-order valence-electron chi connectivity index (χ0n) is 11.7. The summed E-state index contributed by atoms with van der Waals surface area (Å²) < 4.78 is 54.0. The van der Waals surface area contributed by atoms with Crippen molar-refractivity contribution >= 4 is 10.0 Å². The second-order valence-corrected chi connectivity index (χ2v) is 7.23. The van der Waals surface area contributed by atoms with Crippen molar-refractivity contribution in [2.75, 3.05) is 6.54 Å². The van der Waals surface area contributed by atoms with Gasteiger partial charge in [0.2, 0.25) is 10.0 Å². The van der Waals surface area contributed by atoms with Crippen LogP contribution in [0.5, 0.6) is 0 Å². The highest BCUT2D eigenvalue weighted by Gasteiger charge is 2.35. The van der Waals surface area contributed by atoms with E-state index >= 15 is 0 Å². The molecule has 0 aliphatic heterocycles. The fourth-order valence-corrected chi connectivity index (χ4v) is 4.32. The van der Waals surface area contributed by atoms with E-state index < -0.39 is 32.1 Å². The monoisotopic (exact) mass is 318 g/mol. The molecule has 118 valence electrons. The minimum atomic E-state index is -4.07. The maximum Gasteiger partial charge on any atom is 0.244 e. The van der Waals surface area contributed by atoms with Gasteiger partial charge in [-0.1, -0.05) is 25.7 Å². The van der Waals surface area contributed by atoms with Crippen molar-refractivity contribution in [2.24, 2.45) is 5.73 Å². The molecule has 1 fully saturated rings. The molecule has 0 atom stereocenters. The second-order valence-electron chi connectivity index (χ2n) is 5.58. The summed E-state index contributed by atoms with van der Waals surface area (Å²) in [4.78, 5) is -0.541. The lowest BCUT2D eigenvalue weighted by Gasteiger charge is -2.32. The van der Waals surface area contributed by atoms with E-state index in [2.05, 4.69) is 4.72 Å². The molecular formula is C14H20F2N2O2S. The van der Waals surface area contributed by atoms with Gasteiger partial charge in [0.15, 0.2) is 0 Å². The molecular weight excluding hydrogens is 298 g/mol. The van der Waals surface area contributed by atoms with Crippen LogP contribution >= 0.6 is 0 Å². The lowest BCUT2D eigenvalue weighted by Crippen LogP contribution is -2.53. The average Bonchev–Trinajstić information content (AvgIpc) is 2.64. The van der Waals surface area contributed by atoms with Crippen LogP contribution in [0.25, 0.3) is 0 Å². The Morgan fingerprint density at radius 2 is 1.76 bits per heavy atom. The summed E-state index contributed by atoms with van der Waals surface area (Å²) >= 11 is 0. The van der Waals surface area contributed by atoms with Crippen LogP contribution < -0.4 is 10.5 Å². The highest BCUT2D eigenvalue weighted by molar-refractivity contribution is 7.89. The van der Waals surface area contributed by atoms with E-state index in [-0.39, 0.29) is 6.54 Å². The molecule has 21 heavy (non-hydrogen) atoms. The van der Waals surface area contributed by atoms with Crippen LogP contribution in [0.15, 0.2) is 23.1 Å². The molecule has 0 unspecified atom stereocenters. The first kappa shape index (κ1) is 16.3. The number of rotatable bonds is 4. The third kappa shape index (κ3) is 3.78. The lowest BCUT2D eigenvalue weighted by molar-refractivity contribution is 0.342. The van der Waals surface area contributed by atoms with E-state index in [0.29, 0.717) is 18.9 Å². The number of hydrogen-bond donors (Lipinski definition) is 2. The average molecular weight is 318 g/mol. The van der Waals surface area contributed by atoms with Gasteiger partial charge >= 0.3 is 0 Å². The first-order chi connectivity index (χ1) is 9.88. The quantitative estimate of drug-likeness (QED) is 0.837. The van der Waals surface area contributed by atoms with E-state index in [1.807, 2.05) is 0 Å². The smallest absolute Gasteiger partial charge is 0.244 e. The SMILES string of the molecule is NCC1(NS(=O)(=O)c2ccc(F)cc2F)CCCCCC1. The van der Waals surface area contributed by atoms with Gasteiger partial charge < -0.3 is 5.73 Å². The summed E-state index contributed by atoms with van der Waals surface area (Å²) in [6.45, 7) is 0.162. The summed E-state index contributed by atoms with van der Waals surface area (Å²) in [5, 5.41) is 0. The van der Waals surface area contributed by atoms with Crippen LogP contribution in [0.3, 0.4) is 0 Å². The Hall–Kier alpha value is -1.05. The first-order valence-electron chi connectivity index (χ1n) is 7.08. The third-order valence-electron chi connectivity index (χ3n) is 3.99. The van der Waals surface area contributed by atoms with E-state index in [1.165, 1.54) is 0 Å². The van der Waals surface area contributed by atoms with Gasteiger partial charge in [0, 0.05) is 18.2 Å². The molecule has 0 radical (unpaired) electrons. The molecule has 0 spiro atoms. The number of sulfonamides is 1. The molecule has 0 bridgehead atoms. The second kappa shape index (κ2) is 6.37. The molecule has 7 heteroatoms. The standard InChI is InChI=1S/C14H20F2N2O2S/c15-11-5-6-13(12(16)9-11)21(19,20)18-14(10-17)7-3-1-2-4-8-14/h5-6,9,18H,1-4,7-8,10,17H2. The van der Waals surface area contributed by atoms with Crippen LogP contribution in [0.1, 0.15) is 38.5 Å². The summed E-state index contributed by atoms with van der Waals surface area (Å²) in [6, 6.07) is 2.44. The van der Waals surface area contributed by atoms with Crippen molar-refractivity contribution < 1.29 is 17.2 Å². The molecule has 1 aliphatic carbocycles. The third-order valence-corrected chi connectivity index (χ3v) is 5.60. The van der Waals surface area contributed by atoms with E-state index in [0.717, 1.165) is 37.8 Å². The Morgan fingerprint density at radius 3 is 2.29 bits per heavy atom. The van der Waals surface area contributed by atoms with Gasteiger partial charge in [-0.05, 0) is 25.0 Å². The van der Waals surface area contributed by atoms with Crippen molar-refractivity contribution in [3.63, 3.8) is 0 Å². The molecule has 0 heterocycles. The number of nitrogens with two attached hydrogens (primary N) is 1. The summed E-state index contributed by atoms with van der Waals surface area (Å²) in [5.41, 5.74) is 5.03. The summed E-state index contributed by atoms with van der Waals surface area (Å²) in [7, 11) is -4.07. The molecule has 0 aromatic heterocycles. The first-order valence-corrected chi connectivity index (χ1v) is 8.56. The Labute approximate surface area is 123 Å². The van der Waals surface area contributed by atoms with E-state index in [1.54, 1.807) is 0 Å². The molecule has 1 aromatic carbocycles. The molecule has 3 N–H and O–H groups in total. The molecule has 1 saturated carbocycles. The van der Waals surface area contributed by atoms with E-state index in [9.17, 15) is 17.2 Å². The zero-order chi connectivity index (χ0) is 15.5. The van der Waals surface area contributed by atoms with Crippen LogP contribution in [0.4, 0.5) is 8.78 Å². The number of nitrogens with one attached hydrogen (secondary N) is 1. The Kier molecular flexibility index (Phi) is 4.95. The number of benzene rings is 1. The van der Waals surface area contributed by atoms with Crippen LogP contribution in [0, 0.1) is 11.6 Å². The van der Waals surface area contributed by atoms with Gasteiger partial charge in [-0.25, -0.2) is 21.9 Å². The van der Waals surface area contributed by atoms with Crippen molar-refractivity contribution in [3.8, 4) is 0 Å². The van der Waals surface area contributed by atoms with Gasteiger partial charge in [0.1, 0.15) is 16.5 Å². The Balaban J connectivity index is 2.30. The number of hydrogen-bond acceptors (Lipinski definition) is 3. The number of halogens is 2. The van der Waals surface area contributed by atoms with Gasteiger partial charge in [0.25, 0.3) is 0 Å². The van der Waals surface area contributed by atoms with Gasteiger partial charge in [0.05, 0.1) is 0 Å². The molecule has 0 saturated heterocycles. The highest BCUT2D eigenvalue weighted by Crippen LogP contribution is 2.28. The maximum absolute atomic E-state index is 13.7. The lowest BCUT2D eigenvalue weighted by atomic mass is 9.92. The Morgan fingerprint density at radius 1 is 1.14 bits per heavy atom. The fraction of sp³-hybridized carbons (Fsp3) is 0.571. The highest BCUT2D eigenvalue weighted by atomic mass is 32.2. The van der Waals surface area contributed by atoms with Crippen molar-refractivity contribution in [1.82, 2.24) is 4.72 Å². The summed E-state index contributed by atoms with van der Waals surface area (Å²) in [5.74, 6) is -1.90. The van der Waals surface area contributed by atoms with Crippen LogP contribution in [-0.4, -0.2) is 20.5 Å². The largest absolute Gasteiger partial charge is 0.329 e. The molecule has 2 rings (SSSR count). The molecule has 1 aliphatic rings. The minimum Gasteiger partial charge on any atom is -0.329 e. The predicted octanol–water partition coefficient (Wildman–Crippen LogP) is 2.29. The van der Waals surface area contributed by atoms with Gasteiger partial charge in [-0.15, -0.1) is 0 Å². The fourth-order valence-electron chi connectivity index (χ4n) is 2.79. The molecule has 4 nitrogen and oxygen atoms in total. The normalized spacial score (nSPS) is 19.2. The zero-order valence-corrected chi connectivity index (χ0v) is 12.6. The van der Waals surface area contributed by atoms with Crippen molar-refractivity contribution in [3.05, 3.63) is 29.8 Å². The Bertz CT molecular complexity index is 597. The summed E-state index contributed by atoms with van der Waals surface area (Å²) in [6.07, 6.45) is 5.09. The van der Waals surface area contributed by atoms with Crippen molar-refractivity contribution in [2.45, 2.75) is 49.0 Å².